The number of hydrogen-bond donors (Lipinski definition) is 2. The first-order valence-corrected chi connectivity index (χ1v) is 8.33. The second-order valence-corrected chi connectivity index (χ2v) is 6.76. The van der Waals surface area contributed by atoms with Crippen molar-refractivity contribution in [2.75, 3.05) is 13.1 Å². The van der Waals surface area contributed by atoms with Crippen LogP contribution in [0.3, 0.4) is 0 Å². The Labute approximate surface area is 127 Å². The zero-order valence-corrected chi connectivity index (χ0v) is 13.3. The van der Waals surface area contributed by atoms with Crippen LogP contribution in [0, 0.1) is 11.8 Å². The number of likely N-dealkylation sites (tertiary alicyclic amines) is 1. The van der Waals surface area contributed by atoms with E-state index in [1.807, 2.05) is 18.7 Å². The molecule has 2 fully saturated rings. The number of nitrogens with zero attached hydrogens (tertiary/aromatic N) is 1. The highest BCUT2D eigenvalue weighted by Crippen LogP contribution is 2.26. The number of rotatable bonds is 4. The van der Waals surface area contributed by atoms with Gasteiger partial charge in [0.25, 0.3) is 0 Å². The van der Waals surface area contributed by atoms with E-state index in [0.717, 1.165) is 25.8 Å². The summed E-state index contributed by atoms with van der Waals surface area (Å²) in [6, 6.07) is -0.0578. The Morgan fingerprint density at radius 1 is 1.14 bits per heavy atom. The molecule has 0 aromatic carbocycles. The minimum atomic E-state index is -0.187. The van der Waals surface area contributed by atoms with E-state index in [0.29, 0.717) is 12.5 Å². The summed E-state index contributed by atoms with van der Waals surface area (Å²) in [4.78, 5) is 26.4. The molecule has 120 valence electrons. The first kappa shape index (κ1) is 16.3. The Bertz CT molecular complexity index is 378. The van der Waals surface area contributed by atoms with Gasteiger partial charge in [-0.3, -0.25) is 9.59 Å². The normalized spacial score (nSPS) is 26.4. The van der Waals surface area contributed by atoms with Crippen molar-refractivity contribution in [3.8, 4) is 0 Å². The average molecular weight is 295 g/mol. The quantitative estimate of drug-likeness (QED) is 0.820. The summed E-state index contributed by atoms with van der Waals surface area (Å²) >= 11 is 0. The van der Waals surface area contributed by atoms with Crippen molar-refractivity contribution in [2.45, 2.75) is 64.5 Å². The third-order valence-electron chi connectivity index (χ3n) is 5.00. The summed E-state index contributed by atoms with van der Waals surface area (Å²) < 4.78 is 0. The van der Waals surface area contributed by atoms with Gasteiger partial charge in [-0.15, -0.1) is 0 Å². The molecule has 1 saturated carbocycles. The van der Waals surface area contributed by atoms with E-state index < -0.39 is 0 Å². The lowest BCUT2D eigenvalue weighted by Gasteiger charge is -2.26. The molecule has 5 heteroatoms. The molecule has 0 spiro atoms. The summed E-state index contributed by atoms with van der Waals surface area (Å²) in [6.45, 7) is 5.12. The summed E-state index contributed by atoms with van der Waals surface area (Å²) in [7, 11) is 0. The van der Waals surface area contributed by atoms with Crippen molar-refractivity contribution in [3.05, 3.63) is 0 Å². The van der Waals surface area contributed by atoms with Crippen molar-refractivity contribution in [1.82, 2.24) is 10.2 Å². The fourth-order valence-electron chi connectivity index (χ4n) is 3.26. The maximum Gasteiger partial charge on any atom is 0.225 e. The van der Waals surface area contributed by atoms with Crippen molar-refractivity contribution < 1.29 is 9.59 Å². The van der Waals surface area contributed by atoms with Gasteiger partial charge < -0.3 is 16.0 Å². The lowest BCUT2D eigenvalue weighted by molar-refractivity contribution is -0.135. The Morgan fingerprint density at radius 3 is 2.43 bits per heavy atom. The minimum absolute atomic E-state index is 0.00182. The van der Waals surface area contributed by atoms with Crippen molar-refractivity contribution in [1.29, 1.82) is 0 Å². The third-order valence-corrected chi connectivity index (χ3v) is 5.00. The Kier molecular flexibility index (Phi) is 5.62. The second kappa shape index (κ2) is 7.25. The molecule has 21 heavy (non-hydrogen) atoms. The molecule has 1 aliphatic carbocycles. The average Bonchev–Trinajstić information content (AvgIpc) is 2.94. The highest BCUT2D eigenvalue weighted by molar-refractivity contribution is 5.81. The molecule has 1 saturated heterocycles. The van der Waals surface area contributed by atoms with Crippen LogP contribution in [0.4, 0.5) is 0 Å². The van der Waals surface area contributed by atoms with Crippen molar-refractivity contribution in [3.63, 3.8) is 0 Å². The van der Waals surface area contributed by atoms with Gasteiger partial charge in [-0.25, -0.2) is 0 Å². The summed E-state index contributed by atoms with van der Waals surface area (Å²) in [5.41, 5.74) is 5.76. The molecule has 2 amide bonds. The molecular formula is C16H29N3O2. The Hall–Kier alpha value is -1.10. The third kappa shape index (κ3) is 4.19. The number of carbonyl (C=O) groups is 2. The largest absolute Gasteiger partial charge is 0.351 e. The van der Waals surface area contributed by atoms with Crippen LogP contribution in [-0.4, -0.2) is 41.9 Å². The number of hydrogen-bond acceptors (Lipinski definition) is 3. The molecule has 1 aliphatic heterocycles. The summed E-state index contributed by atoms with van der Waals surface area (Å²) in [6.07, 6.45) is 6.54. The van der Waals surface area contributed by atoms with E-state index in [1.54, 1.807) is 0 Å². The first-order valence-electron chi connectivity index (χ1n) is 8.33. The highest BCUT2D eigenvalue weighted by Gasteiger charge is 2.32. The van der Waals surface area contributed by atoms with Gasteiger partial charge in [0.05, 0.1) is 0 Å². The fourth-order valence-corrected chi connectivity index (χ4v) is 3.26. The Morgan fingerprint density at radius 2 is 1.81 bits per heavy atom. The molecule has 3 atom stereocenters. The van der Waals surface area contributed by atoms with Gasteiger partial charge >= 0.3 is 0 Å². The van der Waals surface area contributed by atoms with Crippen LogP contribution >= 0.6 is 0 Å². The maximum absolute atomic E-state index is 12.5. The number of amides is 2. The number of nitrogens with one attached hydrogen (secondary N) is 1. The zero-order chi connectivity index (χ0) is 15.4. The van der Waals surface area contributed by atoms with Gasteiger partial charge in [-0.05, 0) is 26.2 Å². The topological polar surface area (TPSA) is 75.4 Å². The second-order valence-electron chi connectivity index (χ2n) is 6.76. The van der Waals surface area contributed by atoms with E-state index in [-0.39, 0.29) is 29.8 Å². The van der Waals surface area contributed by atoms with Gasteiger partial charge in [-0.1, -0.05) is 26.2 Å². The number of nitrogens with two attached hydrogens (primary N) is 1. The standard InChI is InChI=1S/C16H29N3O2/c1-11(12(2)17)15(20)18-14-8-9-19(10-14)16(21)13-6-4-3-5-7-13/h11-14H,3-10,17H2,1-2H3,(H,18,20). The van der Waals surface area contributed by atoms with E-state index in [2.05, 4.69) is 5.32 Å². The SMILES string of the molecule is CC(N)C(C)C(=O)NC1CCN(C(=O)C2CCCCC2)C1. The van der Waals surface area contributed by atoms with Crippen LogP contribution in [0.25, 0.3) is 0 Å². The molecule has 0 radical (unpaired) electrons. The van der Waals surface area contributed by atoms with Crippen LogP contribution in [0.1, 0.15) is 52.4 Å². The van der Waals surface area contributed by atoms with E-state index >= 15 is 0 Å². The van der Waals surface area contributed by atoms with E-state index in [9.17, 15) is 9.59 Å². The molecule has 0 aromatic rings. The predicted octanol–water partition coefficient (Wildman–Crippen LogP) is 1.27. The Balaban J connectivity index is 1.80. The lowest BCUT2D eigenvalue weighted by atomic mass is 9.88. The fraction of sp³-hybridized carbons (Fsp3) is 0.875. The van der Waals surface area contributed by atoms with Crippen LogP contribution in [-0.2, 0) is 9.59 Å². The summed E-state index contributed by atoms with van der Waals surface area (Å²) in [5.74, 6) is 0.331. The van der Waals surface area contributed by atoms with Gasteiger partial charge in [0.2, 0.25) is 11.8 Å². The van der Waals surface area contributed by atoms with Crippen LogP contribution in [0.15, 0.2) is 0 Å². The van der Waals surface area contributed by atoms with Gasteiger partial charge in [0.15, 0.2) is 0 Å². The van der Waals surface area contributed by atoms with Crippen LogP contribution in [0.5, 0.6) is 0 Å². The van der Waals surface area contributed by atoms with E-state index in [1.165, 1.54) is 19.3 Å². The predicted molar refractivity (Wildman–Crippen MR) is 82.5 cm³/mol. The molecule has 0 bridgehead atoms. The molecule has 2 aliphatic rings. The van der Waals surface area contributed by atoms with Crippen LogP contribution in [0.2, 0.25) is 0 Å². The maximum atomic E-state index is 12.5. The monoisotopic (exact) mass is 295 g/mol. The van der Waals surface area contributed by atoms with Crippen molar-refractivity contribution in [2.24, 2.45) is 17.6 Å². The van der Waals surface area contributed by atoms with Crippen molar-refractivity contribution >= 4 is 11.8 Å². The summed E-state index contributed by atoms with van der Waals surface area (Å²) in [5, 5.41) is 3.03. The highest BCUT2D eigenvalue weighted by atomic mass is 16.2. The first-order chi connectivity index (χ1) is 9.99. The molecule has 2 rings (SSSR count). The molecular weight excluding hydrogens is 266 g/mol. The smallest absolute Gasteiger partial charge is 0.225 e. The van der Waals surface area contributed by atoms with Crippen LogP contribution < -0.4 is 11.1 Å². The molecule has 3 unspecified atom stereocenters. The zero-order valence-electron chi connectivity index (χ0n) is 13.3. The molecule has 3 N–H and O–H groups in total. The van der Waals surface area contributed by atoms with Gasteiger partial charge in [-0.2, -0.15) is 0 Å². The minimum Gasteiger partial charge on any atom is -0.351 e. The molecule has 5 nitrogen and oxygen atoms in total. The molecule has 1 heterocycles. The van der Waals surface area contributed by atoms with Gasteiger partial charge in [0, 0.05) is 37.0 Å². The number of carbonyl (C=O) groups excluding carboxylic acids is 2. The van der Waals surface area contributed by atoms with Gasteiger partial charge in [0.1, 0.15) is 0 Å². The lowest BCUT2D eigenvalue weighted by Crippen LogP contribution is -2.45. The molecule has 0 aromatic heterocycles. The van der Waals surface area contributed by atoms with E-state index in [4.69, 9.17) is 5.73 Å².